The Morgan fingerprint density at radius 2 is 1.84 bits per heavy atom. The van der Waals surface area contributed by atoms with Crippen LogP contribution in [0.25, 0.3) is 0 Å². The second kappa shape index (κ2) is 8.01. The molecule has 0 atom stereocenters. The Kier molecular flexibility index (Phi) is 5.53. The third-order valence-corrected chi connectivity index (χ3v) is 5.94. The van der Waals surface area contributed by atoms with Gasteiger partial charge in [0.15, 0.2) is 5.82 Å². The fourth-order valence-corrected chi connectivity index (χ4v) is 4.01. The van der Waals surface area contributed by atoms with Gasteiger partial charge in [-0.25, -0.2) is 13.1 Å². The summed E-state index contributed by atoms with van der Waals surface area (Å²) in [5.41, 5.74) is 0.820. The molecule has 130 valence electrons. The number of nitrogens with one attached hydrogen (secondary N) is 3. The van der Waals surface area contributed by atoms with Crippen LogP contribution in [0.5, 0.6) is 0 Å². The normalized spacial score (nSPS) is 11.2. The smallest absolute Gasteiger partial charge is 0.250 e. The van der Waals surface area contributed by atoms with E-state index in [4.69, 9.17) is 0 Å². The van der Waals surface area contributed by atoms with E-state index >= 15 is 0 Å². The van der Waals surface area contributed by atoms with Crippen molar-refractivity contribution < 1.29 is 8.42 Å². The molecule has 3 rings (SSSR count). The van der Waals surface area contributed by atoms with Gasteiger partial charge in [0.2, 0.25) is 10.0 Å². The van der Waals surface area contributed by atoms with Gasteiger partial charge in [-0.3, -0.25) is 4.98 Å². The molecule has 10 heteroatoms. The highest BCUT2D eigenvalue weighted by molar-refractivity contribution is 7.91. The lowest BCUT2D eigenvalue weighted by molar-refractivity contribution is 0.585. The summed E-state index contributed by atoms with van der Waals surface area (Å²) in [6.45, 7) is 0.645. The van der Waals surface area contributed by atoms with Crippen molar-refractivity contribution in [3.63, 3.8) is 0 Å². The number of anilines is 3. The van der Waals surface area contributed by atoms with Gasteiger partial charge in [-0.1, -0.05) is 6.07 Å². The first-order valence-corrected chi connectivity index (χ1v) is 9.77. The lowest BCUT2D eigenvalue weighted by atomic mass is 10.4. The molecule has 3 aromatic heterocycles. The number of hydrogen-bond donors (Lipinski definition) is 3. The Labute approximate surface area is 149 Å². The van der Waals surface area contributed by atoms with Crippen molar-refractivity contribution in [1.29, 1.82) is 0 Å². The molecule has 0 saturated heterocycles. The highest BCUT2D eigenvalue weighted by Gasteiger charge is 2.13. The summed E-state index contributed by atoms with van der Waals surface area (Å²) in [4.78, 5) is 4.01. The molecule has 0 aliphatic heterocycles. The maximum absolute atomic E-state index is 12.0. The molecule has 0 spiro atoms. The molecular formula is C15H16N6O2S2. The van der Waals surface area contributed by atoms with Gasteiger partial charge in [-0.15, -0.1) is 21.5 Å². The summed E-state index contributed by atoms with van der Waals surface area (Å²) >= 11 is 1.18. The van der Waals surface area contributed by atoms with Crippen molar-refractivity contribution >= 4 is 38.7 Å². The van der Waals surface area contributed by atoms with Crippen LogP contribution in [-0.2, 0) is 10.0 Å². The number of hydrogen-bond acceptors (Lipinski definition) is 8. The molecule has 3 aromatic rings. The summed E-state index contributed by atoms with van der Waals surface area (Å²) in [5, 5.41) is 15.9. The van der Waals surface area contributed by atoms with Crippen LogP contribution in [0.2, 0.25) is 0 Å². The van der Waals surface area contributed by atoms with Crippen LogP contribution in [0.3, 0.4) is 0 Å². The second-order valence-electron chi connectivity index (χ2n) is 4.93. The minimum atomic E-state index is -3.44. The molecule has 0 bridgehead atoms. The van der Waals surface area contributed by atoms with Crippen LogP contribution in [0.15, 0.2) is 58.4 Å². The molecule has 0 saturated carbocycles. The second-order valence-corrected chi connectivity index (χ2v) is 7.87. The van der Waals surface area contributed by atoms with E-state index < -0.39 is 10.0 Å². The highest BCUT2D eigenvalue weighted by atomic mass is 32.2. The van der Waals surface area contributed by atoms with E-state index in [1.807, 2.05) is 12.1 Å². The molecule has 0 unspecified atom stereocenters. The van der Waals surface area contributed by atoms with E-state index in [0.29, 0.717) is 22.4 Å². The summed E-state index contributed by atoms with van der Waals surface area (Å²) < 4.78 is 26.7. The van der Waals surface area contributed by atoms with Crippen LogP contribution in [-0.4, -0.2) is 36.7 Å². The molecule has 0 aromatic carbocycles. The molecular weight excluding hydrogens is 360 g/mol. The molecule has 0 fully saturated rings. The lowest BCUT2D eigenvalue weighted by Crippen LogP contribution is -2.28. The number of pyridine rings is 1. The maximum atomic E-state index is 12.0. The van der Waals surface area contributed by atoms with Crippen LogP contribution in [0.4, 0.5) is 17.3 Å². The van der Waals surface area contributed by atoms with Gasteiger partial charge < -0.3 is 10.6 Å². The quantitative estimate of drug-likeness (QED) is 0.516. The van der Waals surface area contributed by atoms with Crippen molar-refractivity contribution in [1.82, 2.24) is 19.9 Å². The van der Waals surface area contributed by atoms with Crippen LogP contribution < -0.4 is 15.4 Å². The van der Waals surface area contributed by atoms with Gasteiger partial charge in [0, 0.05) is 19.3 Å². The zero-order valence-electron chi connectivity index (χ0n) is 13.1. The van der Waals surface area contributed by atoms with E-state index in [-0.39, 0.29) is 6.54 Å². The number of nitrogens with zero attached hydrogens (tertiary/aromatic N) is 3. The summed E-state index contributed by atoms with van der Waals surface area (Å²) in [7, 11) is -3.44. The molecule has 25 heavy (non-hydrogen) atoms. The first-order chi connectivity index (χ1) is 12.1. The zero-order chi connectivity index (χ0) is 17.5. The van der Waals surface area contributed by atoms with Gasteiger partial charge in [-0.05, 0) is 35.7 Å². The van der Waals surface area contributed by atoms with Gasteiger partial charge in [0.25, 0.3) is 0 Å². The molecule has 3 N–H and O–H groups in total. The molecule has 8 nitrogen and oxygen atoms in total. The van der Waals surface area contributed by atoms with Crippen molar-refractivity contribution in [3.8, 4) is 0 Å². The van der Waals surface area contributed by atoms with E-state index in [2.05, 4.69) is 30.5 Å². The van der Waals surface area contributed by atoms with Crippen molar-refractivity contribution in [2.75, 3.05) is 23.7 Å². The van der Waals surface area contributed by atoms with Gasteiger partial charge >= 0.3 is 0 Å². The number of rotatable bonds is 8. The highest BCUT2D eigenvalue weighted by Crippen LogP contribution is 2.15. The Balaban J connectivity index is 1.46. The minimum Gasteiger partial charge on any atom is -0.367 e. The largest absolute Gasteiger partial charge is 0.367 e. The van der Waals surface area contributed by atoms with Crippen LogP contribution in [0, 0.1) is 0 Å². The van der Waals surface area contributed by atoms with Crippen LogP contribution in [0.1, 0.15) is 0 Å². The SMILES string of the molecule is O=S(=O)(NCCNc1ccc(Nc2cccnc2)nn1)c1cccs1. The van der Waals surface area contributed by atoms with E-state index in [1.165, 1.54) is 11.3 Å². The summed E-state index contributed by atoms with van der Waals surface area (Å²) in [5.74, 6) is 1.16. The third kappa shape index (κ3) is 4.95. The first-order valence-electron chi connectivity index (χ1n) is 7.41. The van der Waals surface area contributed by atoms with Gasteiger partial charge in [-0.2, -0.15) is 0 Å². The Hall–Kier alpha value is -2.56. The zero-order valence-corrected chi connectivity index (χ0v) is 14.7. The van der Waals surface area contributed by atoms with Gasteiger partial charge in [0.1, 0.15) is 10.0 Å². The number of aromatic nitrogens is 3. The lowest BCUT2D eigenvalue weighted by Gasteiger charge is -2.08. The van der Waals surface area contributed by atoms with Crippen molar-refractivity contribution in [3.05, 3.63) is 54.2 Å². The minimum absolute atomic E-state index is 0.248. The van der Waals surface area contributed by atoms with Crippen LogP contribution >= 0.6 is 11.3 Å². The maximum Gasteiger partial charge on any atom is 0.250 e. The fraction of sp³-hybridized carbons (Fsp3) is 0.133. The van der Waals surface area contributed by atoms with Gasteiger partial charge in [0.05, 0.1) is 11.9 Å². The Morgan fingerprint density at radius 3 is 2.52 bits per heavy atom. The molecule has 0 radical (unpaired) electrons. The van der Waals surface area contributed by atoms with E-state index in [0.717, 1.165) is 5.69 Å². The summed E-state index contributed by atoms with van der Waals surface area (Å²) in [6, 6.07) is 10.5. The average molecular weight is 376 g/mol. The van der Waals surface area contributed by atoms with Crippen molar-refractivity contribution in [2.45, 2.75) is 4.21 Å². The third-order valence-electron chi connectivity index (χ3n) is 3.08. The average Bonchev–Trinajstić information content (AvgIpc) is 3.17. The molecule has 0 aliphatic rings. The topological polar surface area (TPSA) is 109 Å². The predicted octanol–water partition coefficient (Wildman–Crippen LogP) is 2.07. The standard InChI is InChI=1S/C15H16N6O2S2/c22-25(23,15-4-2-10-24-15)18-9-8-17-13-5-6-14(21-20-13)19-12-3-1-7-16-11-12/h1-7,10-11,18H,8-9H2,(H,17,20)(H,19,21). The Morgan fingerprint density at radius 1 is 1.00 bits per heavy atom. The van der Waals surface area contributed by atoms with E-state index in [9.17, 15) is 8.42 Å². The fourth-order valence-electron chi connectivity index (χ4n) is 1.94. The van der Waals surface area contributed by atoms with Crippen molar-refractivity contribution in [2.24, 2.45) is 0 Å². The predicted molar refractivity (Wildman–Crippen MR) is 97.5 cm³/mol. The Bertz CT molecular complexity index is 884. The first kappa shape index (κ1) is 17.3. The molecule has 0 aliphatic carbocycles. The monoisotopic (exact) mass is 376 g/mol. The number of sulfonamides is 1. The summed E-state index contributed by atoms with van der Waals surface area (Å²) in [6.07, 6.45) is 3.38. The number of thiophene rings is 1. The molecule has 0 amide bonds. The molecule has 3 heterocycles. The van der Waals surface area contributed by atoms with E-state index in [1.54, 1.807) is 42.0 Å².